The van der Waals surface area contributed by atoms with Gasteiger partial charge >= 0.3 is 0 Å². The first-order valence-electron chi connectivity index (χ1n) is 9.23. The van der Waals surface area contributed by atoms with Crippen molar-refractivity contribution in [2.75, 3.05) is 7.11 Å². The molecule has 0 aromatic heterocycles. The van der Waals surface area contributed by atoms with Crippen LogP contribution >= 0.6 is 0 Å². The Morgan fingerprint density at radius 2 is 1.81 bits per heavy atom. The molecule has 0 radical (unpaired) electrons. The molecule has 26 heavy (non-hydrogen) atoms. The van der Waals surface area contributed by atoms with Crippen molar-refractivity contribution >= 4 is 10.0 Å². The van der Waals surface area contributed by atoms with Crippen LogP contribution in [-0.4, -0.2) is 15.5 Å². The topological polar surface area (TPSA) is 55.4 Å². The van der Waals surface area contributed by atoms with Crippen LogP contribution in [-0.2, 0) is 22.9 Å². The average molecular weight is 374 g/mol. The average Bonchev–Trinajstić information content (AvgIpc) is 2.65. The van der Waals surface area contributed by atoms with Crippen molar-refractivity contribution in [3.05, 3.63) is 58.7 Å². The zero-order valence-corrected chi connectivity index (χ0v) is 16.5. The van der Waals surface area contributed by atoms with E-state index >= 15 is 0 Å². The normalized spacial score (nSPS) is 15.3. The van der Waals surface area contributed by atoms with Crippen LogP contribution in [0.25, 0.3) is 0 Å². The second kappa shape index (κ2) is 7.80. The van der Waals surface area contributed by atoms with Crippen molar-refractivity contribution in [3.8, 4) is 5.75 Å². The molecule has 0 amide bonds. The van der Waals surface area contributed by atoms with Crippen molar-refractivity contribution in [1.29, 1.82) is 0 Å². The van der Waals surface area contributed by atoms with Gasteiger partial charge in [0.1, 0.15) is 5.75 Å². The third-order valence-electron chi connectivity index (χ3n) is 5.16. The summed E-state index contributed by atoms with van der Waals surface area (Å²) in [5.41, 5.74) is 4.62. The Bertz CT molecular complexity index is 890. The fourth-order valence-corrected chi connectivity index (χ4v) is 5.02. The molecule has 0 saturated heterocycles. The van der Waals surface area contributed by atoms with Gasteiger partial charge in [-0.25, -0.2) is 13.1 Å². The van der Waals surface area contributed by atoms with Gasteiger partial charge < -0.3 is 4.74 Å². The van der Waals surface area contributed by atoms with Crippen LogP contribution in [0, 0.1) is 6.92 Å². The minimum Gasteiger partial charge on any atom is -0.496 e. The number of hydrogen-bond acceptors (Lipinski definition) is 3. The Morgan fingerprint density at radius 3 is 2.46 bits per heavy atom. The minimum absolute atomic E-state index is 0.227. The van der Waals surface area contributed by atoms with Gasteiger partial charge in [-0.05, 0) is 79.5 Å². The second-order valence-corrected chi connectivity index (χ2v) is 8.66. The van der Waals surface area contributed by atoms with Crippen molar-refractivity contribution in [2.45, 2.75) is 56.9 Å². The number of benzene rings is 2. The van der Waals surface area contributed by atoms with E-state index in [1.54, 1.807) is 25.3 Å². The molecule has 2 aromatic rings. The Balaban J connectivity index is 1.86. The predicted octanol–water partition coefficient (Wildman–Crippen LogP) is 4.31. The lowest BCUT2D eigenvalue weighted by atomic mass is 9.89. The monoisotopic (exact) mass is 373 g/mol. The number of aryl methyl sites for hydroxylation is 3. The van der Waals surface area contributed by atoms with Crippen LogP contribution < -0.4 is 9.46 Å². The quantitative estimate of drug-likeness (QED) is 0.821. The fourth-order valence-electron chi connectivity index (χ4n) is 3.63. The van der Waals surface area contributed by atoms with E-state index in [1.807, 2.05) is 13.8 Å². The van der Waals surface area contributed by atoms with E-state index in [4.69, 9.17) is 4.74 Å². The van der Waals surface area contributed by atoms with E-state index in [0.29, 0.717) is 12.2 Å². The standard InChI is InChI=1S/C21H27NO3S/c1-4-20(18-10-9-16-7-5-6-8-17(16)14-18)22-26(23,24)19-11-12-21(25-3)15(2)13-19/h9-14,20,22H,4-8H2,1-3H3. The molecule has 3 rings (SSSR count). The lowest BCUT2D eigenvalue weighted by Gasteiger charge is -2.22. The first-order chi connectivity index (χ1) is 12.4. The fraction of sp³-hybridized carbons (Fsp3) is 0.429. The molecule has 140 valence electrons. The number of nitrogens with one attached hydrogen (secondary N) is 1. The van der Waals surface area contributed by atoms with Crippen molar-refractivity contribution in [3.63, 3.8) is 0 Å². The molecular weight excluding hydrogens is 346 g/mol. The van der Waals surface area contributed by atoms with E-state index in [1.165, 1.54) is 24.0 Å². The smallest absolute Gasteiger partial charge is 0.241 e. The summed E-state index contributed by atoms with van der Waals surface area (Å²) in [5.74, 6) is 0.686. The summed E-state index contributed by atoms with van der Waals surface area (Å²) >= 11 is 0. The molecule has 0 aliphatic heterocycles. The maximum Gasteiger partial charge on any atom is 0.241 e. The molecule has 5 heteroatoms. The van der Waals surface area contributed by atoms with Crippen LogP contribution in [0.15, 0.2) is 41.3 Å². The highest BCUT2D eigenvalue weighted by Gasteiger charge is 2.22. The van der Waals surface area contributed by atoms with Crippen LogP contribution in [0.1, 0.15) is 54.5 Å². The number of rotatable bonds is 6. The van der Waals surface area contributed by atoms with Gasteiger partial charge in [0.15, 0.2) is 0 Å². The van der Waals surface area contributed by atoms with Crippen LogP contribution in [0.3, 0.4) is 0 Å². The zero-order chi connectivity index (χ0) is 18.7. The third-order valence-corrected chi connectivity index (χ3v) is 6.63. The number of sulfonamides is 1. The minimum atomic E-state index is -3.59. The number of methoxy groups -OCH3 is 1. The van der Waals surface area contributed by atoms with Crippen molar-refractivity contribution in [1.82, 2.24) is 4.72 Å². The Kier molecular flexibility index (Phi) is 5.68. The molecule has 0 saturated carbocycles. The maximum absolute atomic E-state index is 12.9. The zero-order valence-electron chi connectivity index (χ0n) is 15.7. The summed E-state index contributed by atoms with van der Waals surface area (Å²) in [6, 6.07) is 11.1. The summed E-state index contributed by atoms with van der Waals surface area (Å²) in [6.07, 6.45) is 5.37. The van der Waals surface area contributed by atoms with Gasteiger partial charge in [0.05, 0.1) is 12.0 Å². The van der Waals surface area contributed by atoms with Gasteiger partial charge in [-0.15, -0.1) is 0 Å². The lowest BCUT2D eigenvalue weighted by Crippen LogP contribution is -2.28. The number of ether oxygens (including phenoxy) is 1. The molecule has 1 atom stereocenters. The Morgan fingerprint density at radius 1 is 1.08 bits per heavy atom. The SMILES string of the molecule is CCC(NS(=O)(=O)c1ccc(OC)c(C)c1)c1ccc2c(c1)CCCC2. The summed E-state index contributed by atoms with van der Waals surface area (Å²) in [6.45, 7) is 3.85. The molecule has 0 bridgehead atoms. The summed E-state index contributed by atoms with van der Waals surface area (Å²) < 4.78 is 33.8. The molecule has 2 aromatic carbocycles. The summed E-state index contributed by atoms with van der Waals surface area (Å²) in [4.78, 5) is 0.271. The number of fused-ring (bicyclic) bond motifs is 1. The highest BCUT2D eigenvalue weighted by atomic mass is 32.2. The number of hydrogen-bond donors (Lipinski definition) is 1. The highest BCUT2D eigenvalue weighted by Crippen LogP contribution is 2.28. The maximum atomic E-state index is 12.9. The predicted molar refractivity (Wildman–Crippen MR) is 104 cm³/mol. The largest absolute Gasteiger partial charge is 0.496 e. The Labute approximate surface area is 156 Å². The molecule has 1 aliphatic carbocycles. The van der Waals surface area contributed by atoms with Crippen LogP contribution in [0.4, 0.5) is 0 Å². The molecule has 1 aliphatic rings. The van der Waals surface area contributed by atoms with E-state index < -0.39 is 10.0 Å². The van der Waals surface area contributed by atoms with E-state index in [9.17, 15) is 8.42 Å². The van der Waals surface area contributed by atoms with Gasteiger partial charge in [-0.1, -0.05) is 25.1 Å². The molecule has 0 fully saturated rings. The van der Waals surface area contributed by atoms with Crippen molar-refractivity contribution < 1.29 is 13.2 Å². The Hall–Kier alpha value is -1.85. The van der Waals surface area contributed by atoms with E-state index in [2.05, 4.69) is 22.9 Å². The molecule has 1 N–H and O–H groups in total. The molecule has 0 spiro atoms. The molecule has 0 heterocycles. The second-order valence-electron chi connectivity index (χ2n) is 6.95. The highest BCUT2D eigenvalue weighted by molar-refractivity contribution is 7.89. The van der Waals surface area contributed by atoms with Gasteiger partial charge in [0, 0.05) is 6.04 Å². The van der Waals surface area contributed by atoms with Crippen LogP contribution in [0.5, 0.6) is 5.75 Å². The first kappa shape index (κ1) is 18.9. The van der Waals surface area contributed by atoms with Gasteiger partial charge in [0.2, 0.25) is 10.0 Å². The molecule has 1 unspecified atom stereocenters. The van der Waals surface area contributed by atoms with Gasteiger partial charge in [0.25, 0.3) is 0 Å². The van der Waals surface area contributed by atoms with E-state index in [-0.39, 0.29) is 10.9 Å². The van der Waals surface area contributed by atoms with E-state index in [0.717, 1.165) is 24.0 Å². The summed E-state index contributed by atoms with van der Waals surface area (Å²) in [7, 11) is -2.01. The van der Waals surface area contributed by atoms with Crippen molar-refractivity contribution in [2.24, 2.45) is 0 Å². The molecule has 4 nitrogen and oxygen atoms in total. The lowest BCUT2D eigenvalue weighted by molar-refractivity contribution is 0.411. The third kappa shape index (κ3) is 3.94. The van der Waals surface area contributed by atoms with Gasteiger partial charge in [-0.3, -0.25) is 0 Å². The summed E-state index contributed by atoms with van der Waals surface area (Å²) in [5, 5.41) is 0. The van der Waals surface area contributed by atoms with Crippen LogP contribution in [0.2, 0.25) is 0 Å². The first-order valence-corrected chi connectivity index (χ1v) is 10.7. The molecular formula is C21H27NO3S. The van der Waals surface area contributed by atoms with Gasteiger partial charge in [-0.2, -0.15) is 0 Å².